The summed E-state index contributed by atoms with van der Waals surface area (Å²) in [5.74, 6) is -1.15. The molecule has 8 heavy (non-hydrogen) atoms. The summed E-state index contributed by atoms with van der Waals surface area (Å²) < 4.78 is 41.9. The molecule has 0 aromatic heterocycles. The third-order valence-electron chi connectivity index (χ3n) is 0.380. The monoisotopic (exact) mass is 143 g/mol. The van der Waals surface area contributed by atoms with Crippen LogP contribution in [0.4, 0.5) is 8.78 Å². The zero-order valence-corrected chi connectivity index (χ0v) is 4.79. The van der Waals surface area contributed by atoms with Gasteiger partial charge in [0.2, 0.25) is 0 Å². The average molecular weight is 143 g/mol. The smallest absolute Gasteiger partial charge is 0.229 e. The first-order chi connectivity index (χ1) is 3.42. The molecular weight excluding hydrogens is 138 g/mol. The van der Waals surface area contributed by atoms with Crippen LogP contribution in [0, 0.1) is 6.26 Å². The number of sulfone groups is 1. The van der Waals surface area contributed by atoms with E-state index in [2.05, 4.69) is 6.26 Å². The van der Waals surface area contributed by atoms with Gasteiger partial charge in [0.25, 0.3) is 6.43 Å². The molecule has 0 saturated heterocycles. The van der Waals surface area contributed by atoms with Crippen LogP contribution in [0.2, 0.25) is 0 Å². The van der Waals surface area contributed by atoms with E-state index in [0.717, 1.165) is 0 Å². The van der Waals surface area contributed by atoms with Crippen molar-refractivity contribution in [1.29, 1.82) is 0 Å². The maximum atomic E-state index is 11.1. The Morgan fingerprint density at radius 3 is 1.88 bits per heavy atom. The molecule has 0 aliphatic carbocycles. The van der Waals surface area contributed by atoms with Gasteiger partial charge in [-0.15, -0.1) is 0 Å². The van der Waals surface area contributed by atoms with Crippen molar-refractivity contribution in [2.24, 2.45) is 0 Å². The molecule has 1 radical (unpaired) electrons. The fourth-order valence-corrected chi connectivity index (χ4v) is 0.576. The van der Waals surface area contributed by atoms with Crippen molar-refractivity contribution in [2.45, 2.75) is 6.43 Å². The Labute approximate surface area is 46.4 Å². The Bertz CT molecular complexity index is 149. The third-order valence-corrected chi connectivity index (χ3v) is 1.14. The zero-order chi connectivity index (χ0) is 6.78. The predicted octanol–water partition coefficient (Wildman–Crippen LogP) is 0.458. The Hall–Kier alpha value is -0.190. The van der Waals surface area contributed by atoms with Gasteiger partial charge in [-0.3, -0.25) is 0 Å². The minimum Gasteiger partial charge on any atom is -0.229 e. The zero-order valence-electron chi connectivity index (χ0n) is 3.97. The first-order valence-electron chi connectivity index (χ1n) is 1.76. The third kappa shape index (κ3) is 5.81. The van der Waals surface area contributed by atoms with Crippen LogP contribution in [-0.2, 0) is 9.84 Å². The van der Waals surface area contributed by atoms with Gasteiger partial charge >= 0.3 is 0 Å². The molecule has 0 bridgehead atoms. The van der Waals surface area contributed by atoms with Gasteiger partial charge in [-0.25, -0.2) is 17.2 Å². The van der Waals surface area contributed by atoms with Crippen molar-refractivity contribution in [1.82, 2.24) is 0 Å². The van der Waals surface area contributed by atoms with Gasteiger partial charge in [-0.2, -0.15) is 0 Å². The summed E-state index contributed by atoms with van der Waals surface area (Å²) in [4.78, 5) is 0. The molecule has 0 aromatic rings. The molecule has 0 amide bonds. The SMILES string of the molecule is [CH2]S(=O)(=O)CC(F)F. The molecule has 0 aliphatic rings. The molecule has 0 spiro atoms. The van der Waals surface area contributed by atoms with Crippen molar-refractivity contribution in [3.63, 3.8) is 0 Å². The highest BCUT2D eigenvalue weighted by Gasteiger charge is 2.11. The molecule has 0 atom stereocenters. The summed E-state index contributed by atoms with van der Waals surface area (Å²) in [5, 5.41) is 0. The van der Waals surface area contributed by atoms with Crippen LogP contribution in [0.5, 0.6) is 0 Å². The molecule has 0 aromatic carbocycles. The van der Waals surface area contributed by atoms with E-state index >= 15 is 0 Å². The minimum absolute atomic E-state index is 1.15. The number of halogens is 2. The predicted molar refractivity (Wildman–Crippen MR) is 25.1 cm³/mol. The Morgan fingerprint density at radius 1 is 1.50 bits per heavy atom. The topological polar surface area (TPSA) is 34.1 Å². The fraction of sp³-hybridized carbons (Fsp3) is 0.667. The summed E-state index contributed by atoms with van der Waals surface area (Å²) in [5.41, 5.74) is 0. The van der Waals surface area contributed by atoms with Gasteiger partial charge in [-0.05, 0) is 0 Å². The maximum Gasteiger partial charge on any atom is 0.252 e. The van der Waals surface area contributed by atoms with E-state index in [1.807, 2.05) is 0 Å². The molecule has 0 fully saturated rings. The van der Waals surface area contributed by atoms with Crippen molar-refractivity contribution >= 4 is 9.84 Å². The van der Waals surface area contributed by atoms with E-state index in [1.165, 1.54) is 0 Å². The van der Waals surface area contributed by atoms with E-state index < -0.39 is 22.0 Å². The lowest BCUT2D eigenvalue weighted by Gasteiger charge is -1.91. The van der Waals surface area contributed by atoms with Crippen molar-refractivity contribution in [2.75, 3.05) is 5.75 Å². The highest BCUT2D eigenvalue weighted by molar-refractivity contribution is 7.92. The summed E-state index contributed by atoms with van der Waals surface area (Å²) in [6, 6.07) is 0. The fourth-order valence-electron chi connectivity index (χ4n) is 0.192. The Balaban J connectivity index is 3.75. The number of rotatable bonds is 2. The van der Waals surface area contributed by atoms with E-state index in [0.29, 0.717) is 0 Å². The van der Waals surface area contributed by atoms with E-state index in [1.54, 1.807) is 0 Å². The highest BCUT2D eigenvalue weighted by atomic mass is 32.2. The summed E-state index contributed by atoms with van der Waals surface area (Å²) in [6.45, 7) is 0. The van der Waals surface area contributed by atoms with Crippen LogP contribution < -0.4 is 0 Å². The van der Waals surface area contributed by atoms with Crippen LogP contribution in [0.15, 0.2) is 0 Å². The average Bonchev–Trinajstić information content (AvgIpc) is 1.21. The quantitative estimate of drug-likeness (QED) is 0.562. The first-order valence-corrected chi connectivity index (χ1v) is 3.58. The Kier molecular flexibility index (Phi) is 2.33. The second-order valence-electron chi connectivity index (χ2n) is 1.30. The molecule has 0 N–H and O–H groups in total. The second-order valence-corrected chi connectivity index (χ2v) is 3.12. The Morgan fingerprint density at radius 2 is 1.88 bits per heavy atom. The second kappa shape index (κ2) is 2.39. The van der Waals surface area contributed by atoms with Gasteiger partial charge in [0.05, 0.1) is 6.26 Å². The highest BCUT2D eigenvalue weighted by Crippen LogP contribution is 1.96. The van der Waals surface area contributed by atoms with Gasteiger partial charge in [0, 0.05) is 0 Å². The summed E-state index contributed by atoms with van der Waals surface area (Å²) >= 11 is 0. The lowest BCUT2D eigenvalue weighted by Crippen LogP contribution is -2.08. The molecule has 5 heteroatoms. The molecular formula is C3H5F2O2S. The van der Waals surface area contributed by atoms with Crippen LogP contribution in [-0.4, -0.2) is 20.6 Å². The molecule has 0 saturated carbocycles. The molecule has 0 unspecified atom stereocenters. The van der Waals surface area contributed by atoms with Crippen molar-refractivity contribution in [3.8, 4) is 0 Å². The van der Waals surface area contributed by atoms with Crippen LogP contribution in [0.1, 0.15) is 0 Å². The van der Waals surface area contributed by atoms with E-state index in [4.69, 9.17) is 0 Å². The van der Waals surface area contributed by atoms with Crippen LogP contribution in [0.25, 0.3) is 0 Å². The summed E-state index contributed by atoms with van der Waals surface area (Å²) in [7, 11) is -3.72. The van der Waals surface area contributed by atoms with Crippen LogP contribution in [0.3, 0.4) is 0 Å². The molecule has 49 valence electrons. The standard InChI is InChI=1S/C3H5F2O2S/c1-8(6,7)2-3(4)5/h3H,1-2H2. The van der Waals surface area contributed by atoms with Crippen molar-refractivity contribution < 1.29 is 17.2 Å². The number of hydrogen-bond donors (Lipinski definition) is 0. The van der Waals surface area contributed by atoms with E-state index in [-0.39, 0.29) is 0 Å². The lowest BCUT2D eigenvalue weighted by atomic mass is 10.9. The lowest BCUT2D eigenvalue weighted by molar-refractivity contribution is 0.174. The molecule has 0 aliphatic heterocycles. The van der Waals surface area contributed by atoms with Gasteiger partial charge in [-0.1, -0.05) is 0 Å². The van der Waals surface area contributed by atoms with Crippen molar-refractivity contribution in [3.05, 3.63) is 6.26 Å². The van der Waals surface area contributed by atoms with E-state index in [9.17, 15) is 17.2 Å². The normalized spacial score (nSPS) is 12.5. The van der Waals surface area contributed by atoms with Gasteiger partial charge in [0.1, 0.15) is 5.75 Å². The molecule has 0 rings (SSSR count). The number of alkyl halides is 2. The van der Waals surface area contributed by atoms with Gasteiger partial charge < -0.3 is 0 Å². The number of hydrogen-bond acceptors (Lipinski definition) is 2. The van der Waals surface area contributed by atoms with Crippen LogP contribution >= 0.6 is 0 Å². The molecule has 0 heterocycles. The minimum atomic E-state index is -3.72. The van der Waals surface area contributed by atoms with Gasteiger partial charge in [0.15, 0.2) is 9.84 Å². The largest absolute Gasteiger partial charge is 0.252 e. The molecule has 2 nitrogen and oxygen atoms in total. The maximum absolute atomic E-state index is 11.1. The first kappa shape index (κ1) is 7.81. The summed E-state index contributed by atoms with van der Waals surface area (Å²) in [6.07, 6.45) is -0.305.